The summed E-state index contributed by atoms with van der Waals surface area (Å²) in [6.45, 7) is 1.97. The second-order valence-electron chi connectivity index (χ2n) is 6.89. The Balaban J connectivity index is 1.85. The molecule has 0 saturated carbocycles. The van der Waals surface area contributed by atoms with Crippen LogP contribution in [-0.2, 0) is 7.05 Å². The van der Waals surface area contributed by atoms with Crippen LogP contribution in [0.25, 0.3) is 39.1 Å². The molecule has 0 aliphatic heterocycles. The van der Waals surface area contributed by atoms with Crippen LogP contribution in [0.4, 0.5) is 5.69 Å². The van der Waals surface area contributed by atoms with Crippen LogP contribution in [0.5, 0.6) is 0 Å². The van der Waals surface area contributed by atoms with Crippen LogP contribution in [0.2, 0.25) is 0 Å². The van der Waals surface area contributed by atoms with Gasteiger partial charge < -0.3 is 11.5 Å². The second-order valence-corrected chi connectivity index (χ2v) is 6.89. The summed E-state index contributed by atoms with van der Waals surface area (Å²) in [6.07, 6.45) is 6.94. The third kappa shape index (κ3) is 2.46. The van der Waals surface area contributed by atoms with Gasteiger partial charge in [0.05, 0.1) is 29.2 Å². The molecule has 4 aromatic heterocycles. The first kappa shape index (κ1) is 16.9. The summed E-state index contributed by atoms with van der Waals surface area (Å²) in [6, 6.07) is 3.91. The molecule has 0 saturated heterocycles. The molecule has 1 aromatic carbocycles. The molecule has 0 bridgehead atoms. The number of carbonyl (C=O) groups excluding carboxylic acids is 1. The van der Waals surface area contributed by atoms with E-state index in [1.54, 1.807) is 36.5 Å². The van der Waals surface area contributed by atoms with Crippen molar-refractivity contribution in [1.29, 1.82) is 0 Å². The maximum absolute atomic E-state index is 12.3. The largest absolute Gasteiger partial charge is 0.397 e. The lowest BCUT2D eigenvalue weighted by Gasteiger charge is -2.13. The number of H-pyrrole nitrogens is 1. The number of hydrogen-bond donors (Lipinski definition) is 3. The molecular formula is C19H17N9O. The van der Waals surface area contributed by atoms with Crippen molar-refractivity contribution in [2.45, 2.75) is 6.92 Å². The number of benzene rings is 1. The molecule has 29 heavy (non-hydrogen) atoms. The summed E-state index contributed by atoms with van der Waals surface area (Å²) in [5.74, 6) is -0.244. The van der Waals surface area contributed by atoms with E-state index in [0.29, 0.717) is 17.0 Å². The fourth-order valence-electron chi connectivity index (χ4n) is 3.62. The first-order chi connectivity index (χ1) is 13.9. The number of nitrogens with zero attached hydrogens (tertiary/aromatic N) is 6. The van der Waals surface area contributed by atoms with Gasteiger partial charge in [0.15, 0.2) is 11.5 Å². The van der Waals surface area contributed by atoms with E-state index in [4.69, 9.17) is 11.5 Å². The first-order valence-corrected chi connectivity index (χ1v) is 8.84. The maximum atomic E-state index is 12.3. The Bertz CT molecular complexity index is 1420. The zero-order valence-electron chi connectivity index (χ0n) is 15.7. The molecule has 5 rings (SSSR count). The van der Waals surface area contributed by atoms with Gasteiger partial charge in [-0.1, -0.05) is 6.07 Å². The standard InChI is InChI=1S/C19H17N9O/c1-9-3-4-13-11(6-22-25-13)14(9)12-8-28-19(15(16(12)20)17(21)29)24-18(26-28)10-5-23-27(2)7-10/h3-8H,20H2,1-2H3,(H2,21,29)(H,22,25). The summed E-state index contributed by atoms with van der Waals surface area (Å²) < 4.78 is 3.19. The van der Waals surface area contributed by atoms with Crippen LogP contribution in [-0.4, -0.2) is 40.5 Å². The first-order valence-electron chi connectivity index (χ1n) is 8.84. The van der Waals surface area contributed by atoms with Gasteiger partial charge in [0.25, 0.3) is 5.91 Å². The van der Waals surface area contributed by atoms with Gasteiger partial charge in [-0.25, -0.2) is 9.50 Å². The molecule has 5 N–H and O–H groups in total. The summed E-state index contributed by atoms with van der Waals surface area (Å²) >= 11 is 0. The van der Waals surface area contributed by atoms with Crippen molar-refractivity contribution in [3.8, 4) is 22.5 Å². The molecule has 0 spiro atoms. The van der Waals surface area contributed by atoms with Crippen LogP contribution < -0.4 is 11.5 Å². The Labute approximate surface area is 164 Å². The van der Waals surface area contributed by atoms with Gasteiger partial charge >= 0.3 is 0 Å². The normalized spacial score (nSPS) is 11.5. The molecule has 1 amide bonds. The topological polar surface area (TPSA) is 146 Å². The molecule has 10 nitrogen and oxygen atoms in total. The summed E-state index contributed by atoms with van der Waals surface area (Å²) in [5.41, 5.74) is 16.9. The van der Waals surface area contributed by atoms with Gasteiger partial charge in [0, 0.05) is 30.4 Å². The van der Waals surface area contributed by atoms with E-state index in [2.05, 4.69) is 25.4 Å². The van der Waals surface area contributed by atoms with Gasteiger partial charge in [-0.2, -0.15) is 10.2 Å². The lowest BCUT2D eigenvalue weighted by molar-refractivity contribution is 0.100. The number of aromatic nitrogens is 7. The third-order valence-corrected chi connectivity index (χ3v) is 4.98. The number of pyridine rings is 1. The fourth-order valence-corrected chi connectivity index (χ4v) is 3.62. The van der Waals surface area contributed by atoms with Gasteiger partial charge in [-0.15, -0.1) is 5.10 Å². The van der Waals surface area contributed by atoms with Gasteiger partial charge in [0.2, 0.25) is 0 Å². The number of amides is 1. The minimum absolute atomic E-state index is 0.130. The molecule has 0 fully saturated rings. The Morgan fingerprint density at radius 3 is 2.76 bits per heavy atom. The van der Waals surface area contributed by atoms with Gasteiger partial charge in [-0.05, 0) is 24.1 Å². The highest BCUT2D eigenvalue weighted by atomic mass is 16.1. The molecular weight excluding hydrogens is 370 g/mol. The molecule has 0 aliphatic carbocycles. The summed E-state index contributed by atoms with van der Waals surface area (Å²) in [7, 11) is 1.80. The van der Waals surface area contributed by atoms with E-state index in [1.807, 2.05) is 19.1 Å². The number of nitrogens with two attached hydrogens (primary N) is 2. The zero-order valence-corrected chi connectivity index (χ0v) is 15.7. The summed E-state index contributed by atoms with van der Waals surface area (Å²) in [4.78, 5) is 16.8. The van der Waals surface area contributed by atoms with Crippen molar-refractivity contribution in [2.24, 2.45) is 12.8 Å². The number of nitrogens with one attached hydrogen (secondary N) is 1. The maximum Gasteiger partial charge on any atom is 0.254 e. The number of rotatable bonds is 3. The van der Waals surface area contributed by atoms with Gasteiger partial charge in [-0.3, -0.25) is 14.6 Å². The van der Waals surface area contributed by atoms with Crippen molar-refractivity contribution in [2.75, 3.05) is 5.73 Å². The van der Waals surface area contributed by atoms with Crippen LogP contribution >= 0.6 is 0 Å². The lowest BCUT2D eigenvalue weighted by Crippen LogP contribution is -2.16. The highest BCUT2D eigenvalue weighted by molar-refractivity contribution is 6.09. The molecule has 0 atom stereocenters. The monoisotopic (exact) mass is 387 g/mol. The number of nitrogen functional groups attached to an aromatic ring is 1. The molecule has 10 heteroatoms. The highest BCUT2D eigenvalue weighted by Gasteiger charge is 2.23. The number of anilines is 1. The van der Waals surface area contributed by atoms with Crippen molar-refractivity contribution in [3.05, 3.63) is 48.0 Å². The van der Waals surface area contributed by atoms with E-state index < -0.39 is 5.91 Å². The second kappa shape index (κ2) is 5.89. The van der Waals surface area contributed by atoms with Crippen LogP contribution in [0.15, 0.2) is 36.9 Å². The van der Waals surface area contributed by atoms with Crippen LogP contribution in [0.3, 0.4) is 0 Å². The average Bonchev–Trinajstić information content (AvgIpc) is 3.39. The van der Waals surface area contributed by atoms with Crippen LogP contribution in [0, 0.1) is 6.92 Å². The van der Waals surface area contributed by atoms with Gasteiger partial charge in [0.1, 0.15) is 5.56 Å². The molecule has 4 heterocycles. The Morgan fingerprint density at radius 2 is 2.03 bits per heavy atom. The van der Waals surface area contributed by atoms with E-state index in [1.165, 1.54) is 4.52 Å². The number of hydrogen-bond acceptors (Lipinski definition) is 6. The van der Waals surface area contributed by atoms with E-state index in [9.17, 15) is 4.79 Å². The van der Waals surface area contributed by atoms with E-state index in [0.717, 1.165) is 27.6 Å². The quantitative estimate of drug-likeness (QED) is 0.429. The van der Waals surface area contributed by atoms with Crippen molar-refractivity contribution in [3.63, 3.8) is 0 Å². The van der Waals surface area contributed by atoms with Crippen molar-refractivity contribution >= 4 is 28.1 Å². The van der Waals surface area contributed by atoms with E-state index >= 15 is 0 Å². The number of aromatic amines is 1. The SMILES string of the molecule is Cc1ccc2[nH]ncc2c1-c1cn2nc(-c3cnn(C)c3)nc2c(C(N)=O)c1N. The number of carbonyl (C=O) groups is 1. The predicted octanol–water partition coefficient (Wildman–Crippen LogP) is 1.66. The lowest BCUT2D eigenvalue weighted by atomic mass is 9.95. The van der Waals surface area contributed by atoms with E-state index in [-0.39, 0.29) is 11.3 Å². The minimum Gasteiger partial charge on any atom is -0.397 e. The Kier molecular flexibility index (Phi) is 3.44. The predicted molar refractivity (Wildman–Crippen MR) is 108 cm³/mol. The number of fused-ring (bicyclic) bond motifs is 2. The van der Waals surface area contributed by atoms with Crippen molar-refractivity contribution < 1.29 is 4.79 Å². The summed E-state index contributed by atoms with van der Waals surface area (Å²) in [5, 5.41) is 16.6. The van der Waals surface area contributed by atoms with Crippen LogP contribution in [0.1, 0.15) is 15.9 Å². The molecule has 0 radical (unpaired) electrons. The minimum atomic E-state index is -0.670. The zero-order chi connectivity index (χ0) is 20.3. The fraction of sp³-hybridized carbons (Fsp3) is 0.105. The number of aryl methyl sites for hydroxylation is 2. The molecule has 144 valence electrons. The average molecular weight is 387 g/mol. The molecule has 5 aromatic rings. The highest BCUT2D eigenvalue weighted by Crippen LogP contribution is 2.37. The molecule has 0 aliphatic rings. The Hall–Kier alpha value is -4.21. The Morgan fingerprint density at radius 1 is 1.21 bits per heavy atom. The molecule has 0 unspecified atom stereocenters. The number of primary amides is 1. The van der Waals surface area contributed by atoms with Crippen molar-refractivity contribution in [1.82, 2.24) is 34.6 Å². The third-order valence-electron chi connectivity index (χ3n) is 4.98. The smallest absolute Gasteiger partial charge is 0.254 e.